The standard InChI is InChI=1S/C9H5F2N3O3/c10-6(11)8-14-13-7(17-8)4-1-2-5(9(15)16)12-3-4/h1-3,6H,(H,15,16). The van der Waals surface area contributed by atoms with Gasteiger partial charge in [0.05, 0.1) is 5.56 Å². The largest absolute Gasteiger partial charge is 0.477 e. The van der Waals surface area contributed by atoms with Crippen LogP contribution in [-0.2, 0) is 0 Å². The van der Waals surface area contributed by atoms with Crippen molar-refractivity contribution in [3.8, 4) is 11.5 Å². The molecule has 0 aliphatic carbocycles. The normalized spacial score (nSPS) is 10.8. The Morgan fingerprint density at radius 1 is 1.35 bits per heavy atom. The number of hydrogen-bond acceptors (Lipinski definition) is 5. The third-order valence-electron chi connectivity index (χ3n) is 1.86. The molecule has 0 aliphatic rings. The number of aromatic nitrogens is 3. The zero-order valence-electron chi connectivity index (χ0n) is 8.17. The zero-order valence-corrected chi connectivity index (χ0v) is 8.17. The van der Waals surface area contributed by atoms with Gasteiger partial charge in [-0.15, -0.1) is 10.2 Å². The summed E-state index contributed by atoms with van der Waals surface area (Å²) in [5.74, 6) is -2.11. The summed E-state index contributed by atoms with van der Waals surface area (Å²) >= 11 is 0. The minimum atomic E-state index is -2.84. The molecule has 0 unspecified atom stereocenters. The van der Waals surface area contributed by atoms with Gasteiger partial charge >= 0.3 is 12.4 Å². The summed E-state index contributed by atoms with van der Waals surface area (Å²) < 4.78 is 29.0. The van der Waals surface area contributed by atoms with Crippen molar-refractivity contribution in [1.82, 2.24) is 15.2 Å². The summed E-state index contributed by atoms with van der Waals surface area (Å²) in [6, 6.07) is 2.56. The Hall–Kier alpha value is -2.38. The van der Waals surface area contributed by atoms with Crippen LogP contribution in [0.15, 0.2) is 22.7 Å². The first-order valence-electron chi connectivity index (χ1n) is 4.39. The predicted molar refractivity (Wildman–Crippen MR) is 49.4 cm³/mol. The molecule has 2 aromatic heterocycles. The second-order valence-electron chi connectivity index (χ2n) is 2.98. The molecule has 0 saturated carbocycles. The molecular formula is C9H5F2N3O3. The number of carboxylic acids is 1. The van der Waals surface area contributed by atoms with E-state index in [4.69, 9.17) is 5.11 Å². The van der Waals surface area contributed by atoms with Gasteiger partial charge < -0.3 is 9.52 Å². The number of carboxylic acid groups (broad SMARTS) is 1. The number of hydrogen-bond donors (Lipinski definition) is 1. The van der Waals surface area contributed by atoms with Crippen molar-refractivity contribution in [1.29, 1.82) is 0 Å². The molecule has 2 rings (SSSR count). The van der Waals surface area contributed by atoms with E-state index < -0.39 is 18.3 Å². The first-order chi connectivity index (χ1) is 8.08. The van der Waals surface area contributed by atoms with E-state index >= 15 is 0 Å². The predicted octanol–water partition coefficient (Wildman–Crippen LogP) is 1.77. The number of alkyl halides is 2. The highest BCUT2D eigenvalue weighted by Crippen LogP contribution is 2.22. The lowest BCUT2D eigenvalue weighted by molar-refractivity contribution is 0.0690. The molecule has 17 heavy (non-hydrogen) atoms. The van der Waals surface area contributed by atoms with Crippen LogP contribution >= 0.6 is 0 Å². The summed E-state index contributed by atoms with van der Waals surface area (Å²) in [4.78, 5) is 14.1. The van der Waals surface area contributed by atoms with E-state index in [-0.39, 0.29) is 17.1 Å². The Balaban J connectivity index is 2.30. The van der Waals surface area contributed by atoms with Gasteiger partial charge in [-0.2, -0.15) is 8.78 Å². The SMILES string of the molecule is O=C(O)c1ccc(-c2nnc(C(F)F)o2)cn1. The second-order valence-corrected chi connectivity index (χ2v) is 2.98. The molecule has 0 radical (unpaired) electrons. The van der Waals surface area contributed by atoms with E-state index in [1.807, 2.05) is 0 Å². The lowest BCUT2D eigenvalue weighted by Gasteiger charge is -1.95. The van der Waals surface area contributed by atoms with Gasteiger partial charge in [0.15, 0.2) is 0 Å². The summed E-state index contributed by atoms with van der Waals surface area (Å²) in [6.45, 7) is 0. The molecule has 0 aromatic carbocycles. The fourth-order valence-corrected chi connectivity index (χ4v) is 1.09. The topological polar surface area (TPSA) is 89.1 Å². The van der Waals surface area contributed by atoms with Gasteiger partial charge in [-0.1, -0.05) is 0 Å². The van der Waals surface area contributed by atoms with Gasteiger partial charge in [0.2, 0.25) is 5.89 Å². The van der Waals surface area contributed by atoms with Crippen LogP contribution in [0.3, 0.4) is 0 Å². The molecular weight excluding hydrogens is 236 g/mol. The lowest BCUT2D eigenvalue weighted by Crippen LogP contribution is -1.99. The maximum Gasteiger partial charge on any atom is 0.354 e. The lowest BCUT2D eigenvalue weighted by atomic mass is 10.2. The van der Waals surface area contributed by atoms with Gasteiger partial charge in [0.1, 0.15) is 5.69 Å². The van der Waals surface area contributed by atoms with Gasteiger partial charge in [0.25, 0.3) is 5.89 Å². The van der Waals surface area contributed by atoms with E-state index in [2.05, 4.69) is 19.6 Å². The van der Waals surface area contributed by atoms with Crippen LogP contribution in [0.2, 0.25) is 0 Å². The summed E-state index contributed by atoms with van der Waals surface area (Å²) in [7, 11) is 0. The molecule has 88 valence electrons. The number of rotatable bonds is 3. The van der Waals surface area contributed by atoms with Crippen LogP contribution in [0, 0.1) is 0 Å². The number of pyridine rings is 1. The van der Waals surface area contributed by atoms with E-state index in [1.165, 1.54) is 12.1 Å². The van der Waals surface area contributed by atoms with E-state index in [9.17, 15) is 13.6 Å². The third-order valence-corrected chi connectivity index (χ3v) is 1.86. The van der Waals surface area contributed by atoms with Crippen molar-refractivity contribution in [2.24, 2.45) is 0 Å². The molecule has 6 nitrogen and oxygen atoms in total. The highest BCUT2D eigenvalue weighted by atomic mass is 19.3. The minimum absolute atomic E-state index is 0.135. The van der Waals surface area contributed by atoms with Crippen molar-refractivity contribution in [3.05, 3.63) is 29.9 Å². The van der Waals surface area contributed by atoms with Crippen molar-refractivity contribution in [2.45, 2.75) is 6.43 Å². The van der Waals surface area contributed by atoms with E-state index in [0.29, 0.717) is 0 Å². The fourth-order valence-electron chi connectivity index (χ4n) is 1.09. The first-order valence-corrected chi connectivity index (χ1v) is 4.39. The first kappa shape index (κ1) is 11.1. The van der Waals surface area contributed by atoms with Crippen LogP contribution < -0.4 is 0 Å². The molecule has 0 aliphatic heterocycles. The van der Waals surface area contributed by atoms with Gasteiger partial charge in [0, 0.05) is 6.20 Å². The molecule has 8 heteroatoms. The Labute approximate surface area is 92.9 Å². The van der Waals surface area contributed by atoms with Crippen LogP contribution in [0.4, 0.5) is 8.78 Å². The quantitative estimate of drug-likeness (QED) is 0.880. The number of carbonyl (C=O) groups is 1. The van der Waals surface area contributed by atoms with E-state index in [1.54, 1.807) is 0 Å². The minimum Gasteiger partial charge on any atom is -0.477 e. The van der Waals surface area contributed by atoms with Gasteiger partial charge in [-0.3, -0.25) is 0 Å². The molecule has 0 fully saturated rings. The Kier molecular flexibility index (Phi) is 2.77. The maximum absolute atomic E-state index is 12.2. The van der Waals surface area contributed by atoms with Crippen molar-refractivity contribution in [3.63, 3.8) is 0 Å². The molecule has 0 spiro atoms. The Morgan fingerprint density at radius 3 is 2.59 bits per heavy atom. The van der Waals surface area contributed by atoms with Crippen molar-refractivity contribution in [2.75, 3.05) is 0 Å². The maximum atomic E-state index is 12.2. The zero-order chi connectivity index (χ0) is 12.4. The van der Waals surface area contributed by atoms with Crippen molar-refractivity contribution >= 4 is 5.97 Å². The van der Waals surface area contributed by atoms with Crippen LogP contribution in [-0.4, -0.2) is 26.3 Å². The summed E-state index contributed by atoms with van der Waals surface area (Å²) in [6.07, 6.45) is -1.69. The highest BCUT2D eigenvalue weighted by Gasteiger charge is 2.17. The second kappa shape index (κ2) is 4.24. The van der Waals surface area contributed by atoms with Gasteiger partial charge in [-0.05, 0) is 12.1 Å². The average molecular weight is 241 g/mol. The van der Waals surface area contributed by atoms with Crippen LogP contribution in [0.5, 0.6) is 0 Å². The fraction of sp³-hybridized carbons (Fsp3) is 0.111. The van der Waals surface area contributed by atoms with Gasteiger partial charge in [-0.25, -0.2) is 9.78 Å². The summed E-state index contributed by atoms with van der Waals surface area (Å²) in [5, 5.41) is 15.1. The number of halogens is 2. The molecule has 0 atom stereocenters. The number of aromatic carboxylic acids is 1. The number of nitrogens with zero attached hydrogens (tertiary/aromatic N) is 3. The average Bonchev–Trinajstić information content (AvgIpc) is 2.78. The smallest absolute Gasteiger partial charge is 0.354 e. The van der Waals surface area contributed by atoms with Crippen LogP contribution in [0.25, 0.3) is 11.5 Å². The molecule has 0 bridgehead atoms. The molecule has 1 N–H and O–H groups in total. The molecule has 0 saturated heterocycles. The Bertz CT molecular complexity index is 539. The molecule has 0 amide bonds. The van der Waals surface area contributed by atoms with Crippen molar-refractivity contribution < 1.29 is 23.1 Å². The highest BCUT2D eigenvalue weighted by molar-refractivity contribution is 5.85. The summed E-state index contributed by atoms with van der Waals surface area (Å²) in [5.41, 5.74) is 0.108. The molecule has 2 aromatic rings. The Morgan fingerprint density at radius 2 is 2.12 bits per heavy atom. The molecule has 2 heterocycles. The third kappa shape index (κ3) is 2.25. The van der Waals surface area contributed by atoms with Crippen LogP contribution in [0.1, 0.15) is 22.8 Å². The van der Waals surface area contributed by atoms with E-state index in [0.717, 1.165) is 6.20 Å². The monoisotopic (exact) mass is 241 g/mol.